The Morgan fingerprint density at radius 2 is 1.88 bits per heavy atom. The fourth-order valence-corrected chi connectivity index (χ4v) is 2.53. The van der Waals surface area contributed by atoms with E-state index in [0.29, 0.717) is 0 Å². The highest BCUT2D eigenvalue weighted by molar-refractivity contribution is 6.45. The van der Waals surface area contributed by atoms with Crippen molar-refractivity contribution in [1.29, 1.82) is 0 Å². The van der Waals surface area contributed by atoms with Crippen molar-refractivity contribution in [2.75, 3.05) is 13.1 Å². The zero-order valence-corrected chi connectivity index (χ0v) is 9.74. The summed E-state index contributed by atoms with van der Waals surface area (Å²) >= 11 is 0. The average Bonchev–Trinajstić information content (AvgIpc) is 2.30. The van der Waals surface area contributed by atoms with E-state index in [4.69, 9.17) is 0 Å². The maximum absolute atomic E-state index is 9.60. The summed E-state index contributed by atoms with van der Waals surface area (Å²) in [6, 6.07) is 10.4. The van der Waals surface area contributed by atoms with Crippen LogP contribution in [0.4, 0.5) is 0 Å². The highest BCUT2D eigenvalue weighted by Gasteiger charge is 2.34. The molecule has 0 atom stereocenters. The molecule has 4 heteroatoms. The van der Waals surface area contributed by atoms with Gasteiger partial charge < -0.3 is 15.6 Å². The van der Waals surface area contributed by atoms with Crippen molar-refractivity contribution in [2.45, 2.75) is 25.2 Å². The second kappa shape index (κ2) is 5.00. The van der Waals surface area contributed by atoms with Crippen LogP contribution in [0.25, 0.3) is 0 Å². The van der Waals surface area contributed by atoms with Crippen LogP contribution in [0.15, 0.2) is 30.3 Å². The van der Waals surface area contributed by atoms with Crippen LogP contribution in [0, 0.1) is 0 Å². The maximum atomic E-state index is 9.60. The van der Waals surface area contributed by atoms with E-state index in [2.05, 4.69) is 34.8 Å². The van der Waals surface area contributed by atoms with Crippen molar-refractivity contribution < 1.29 is 5.02 Å². The van der Waals surface area contributed by atoms with Gasteiger partial charge in [-0.05, 0) is 38.3 Å². The first-order valence-electron chi connectivity index (χ1n) is 5.95. The Bertz CT molecular complexity index is 323. The van der Waals surface area contributed by atoms with E-state index in [9.17, 15) is 5.02 Å². The minimum atomic E-state index is -0.474. The van der Waals surface area contributed by atoms with E-state index >= 15 is 0 Å². The quantitative estimate of drug-likeness (QED) is 0.662. The van der Waals surface area contributed by atoms with Gasteiger partial charge in [-0.25, -0.2) is 0 Å². The molecular weight excluding hydrogens is 199 g/mol. The molecular formula is C12H19BN2O. The number of benzene rings is 1. The maximum Gasteiger partial charge on any atom is 0.374 e. The molecule has 86 valence electrons. The number of nitrogens with one attached hydrogen (secondary N) is 2. The highest BCUT2D eigenvalue weighted by Crippen LogP contribution is 2.30. The van der Waals surface area contributed by atoms with Gasteiger partial charge in [-0.3, -0.25) is 0 Å². The third kappa shape index (κ3) is 2.46. The number of piperidine rings is 1. The molecule has 1 saturated heterocycles. The van der Waals surface area contributed by atoms with Crippen molar-refractivity contribution in [3.05, 3.63) is 35.9 Å². The molecule has 0 spiro atoms. The first-order valence-corrected chi connectivity index (χ1v) is 5.95. The average molecular weight is 218 g/mol. The summed E-state index contributed by atoms with van der Waals surface area (Å²) in [6.07, 6.45) is 2.03. The van der Waals surface area contributed by atoms with Crippen LogP contribution in [0.2, 0.25) is 6.82 Å². The van der Waals surface area contributed by atoms with Gasteiger partial charge in [-0.2, -0.15) is 0 Å². The lowest BCUT2D eigenvalue weighted by atomic mass is 9.74. The Morgan fingerprint density at radius 1 is 1.25 bits per heavy atom. The largest absolute Gasteiger partial charge is 0.437 e. The molecule has 1 aliphatic rings. The van der Waals surface area contributed by atoms with Crippen LogP contribution in [0.1, 0.15) is 18.4 Å². The predicted molar refractivity (Wildman–Crippen MR) is 67.2 cm³/mol. The molecule has 0 aliphatic carbocycles. The molecule has 16 heavy (non-hydrogen) atoms. The third-order valence-corrected chi connectivity index (χ3v) is 3.27. The van der Waals surface area contributed by atoms with Gasteiger partial charge >= 0.3 is 7.05 Å². The molecule has 0 saturated carbocycles. The van der Waals surface area contributed by atoms with Gasteiger partial charge in [0.15, 0.2) is 0 Å². The van der Waals surface area contributed by atoms with Gasteiger partial charge in [0.05, 0.1) is 0 Å². The Balaban J connectivity index is 2.26. The van der Waals surface area contributed by atoms with Gasteiger partial charge in [0.2, 0.25) is 0 Å². The van der Waals surface area contributed by atoms with E-state index < -0.39 is 7.05 Å². The smallest absolute Gasteiger partial charge is 0.374 e. The molecule has 0 amide bonds. The van der Waals surface area contributed by atoms with Crippen molar-refractivity contribution in [3.8, 4) is 0 Å². The molecule has 3 N–H and O–H groups in total. The fourth-order valence-electron chi connectivity index (χ4n) is 2.53. The summed E-state index contributed by atoms with van der Waals surface area (Å²) in [6.45, 7) is 3.77. The lowest BCUT2D eigenvalue weighted by Gasteiger charge is -2.40. The standard InChI is InChI=1S/C12H19BN2O/c1-13(16)15-12(7-9-14-10-8-12)11-5-3-2-4-6-11/h2-6,14-16H,7-10H2,1H3. The summed E-state index contributed by atoms with van der Waals surface area (Å²) in [5.74, 6) is 0. The van der Waals surface area contributed by atoms with Crippen molar-refractivity contribution >= 4 is 7.05 Å². The number of hydrogen-bond donors (Lipinski definition) is 3. The van der Waals surface area contributed by atoms with Crippen LogP contribution in [-0.4, -0.2) is 25.2 Å². The summed E-state index contributed by atoms with van der Waals surface area (Å²) in [5, 5.41) is 16.3. The second-order valence-electron chi connectivity index (χ2n) is 4.52. The highest BCUT2D eigenvalue weighted by atomic mass is 16.2. The molecule has 1 aliphatic heterocycles. The van der Waals surface area contributed by atoms with Gasteiger partial charge in [0, 0.05) is 5.54 Å². The Morgan fingerprint density at radius 3 is 2.44 bits per heavy atom. The second-order valence-corrected chi connectivity index (χ2v) is 4.52. The van der Waals surface area contributed by atoms with Crippen molar-refractivity contribution in [3.63, 3.8) is 0 Å². The molecule has 1 aromatic rings. The lowest BCUT2D eigenvalue weighted by molar-refractivity contribution is 0.276. The molecule has 1 heterocycles. The summed E-state index contributed by atoms with van der Waals surface area (Å²) < 4.78 is 0. The van der Waals surface area contributed by atoms with E-state index in [1.807, 2.05) is 6.07 Å². The minimum absolute atomic E-state index is 0.0688. The molecule has 0 radical (unpaired) electrons. The normalized spacial score (nSPS) is 19.4. The molecule has 0 bridgehead atoms. The molecule has 1 fully saturated rings. The van der Waals surface area contributed by atoms with Gasteiger partial charge in [-0.15, -0.1) is 0 Å². The van der Waals surface area contributed by atoms with Crippen molar-refractivity contribution in [2.24, 2.45) is 0 Å². The lowest BCUT2D eigenvalue weighted by Crippen LogP contribution is -2.54. The summed E-state index contributed by atoms with van der Waals surface area (Å²) in [4.78, 5) is 0. The van der Waals surface area contributed by atoms with Crippen LogP contribution in [0.5, 0.6) is 0 Å². The van der Waals surface area contributed by atoms with Crippen LogP contribution in [0.3, 0.4) is 0 Å². The summed E-state index contributed by atoms with van der Waals surface area (Å²) in [7, 11) is -0.474. The first kappa shape index (κ1) is 11.6. The molecule has 0 aromatic heterocycles. The molecule has 2 rings (SSSR count). The summed E-state index contributed by atoms with van der Waals surface area (Å²) in [5.41, 5.74) is 1.21. The first-order chi connectivity index (χ1) is 7.73. The molecule has 3 nitrogen and oxygen atoms in total. The van der Waals surface area contributed by atoms with Crippen molar-refractivity contribution in [1.82, 2.24) is 10.5 Å². The predicted octanol–water partition coefficient (Wildman–Crippen LogP) is 0.965. The van der Waals surface area contributed by atoms with Crippen LogP contribution >= 0.6 is 0 Å². The Hall–Kier alpha value is -0.835. The Kier molecular flexibility index (Phi) is 3.64. The SMILES string of the molecule is CB(O)NC1(c2ccccc2)CCNCC1. The zero-order valence-electron chi connectivity index (χ0n) is 9.74. The Labute approximate surface area is 97.4 Å². The van der Waals surface area contributed by atoms with E-state index in [1.54, 1.807) is 6.82 Å². The van der Waals surface area contributed by atoms with E-state index in [-0.39, 0.29) is 5.54 Å². The fraction of sp³-hybridized carbons (Fsp3) is 0.500. The van der Waals surface area contributed by atoms with Gasteiger partial charge in [0.1, 0.15) is 0 Å². The topological polar surface area (TPSA) is 44.3 Å². The zero-order chi connectivity index (χ0) is 11.4. The van der Waals surface area contributed by atoms with E-state index in [1.165, 1.54) is 5.56 Å². The number of rotatable bonds is 3. The van der Waals surface area contributed by atoms with Gasteiger partial charge in [-0.1, -0.05) is 30.3 Å². The van der Waals surface area contributed by atoms with Crippen LogP contribution in [-0.2, 0) is 5.54 Å². The van der Waals surface area contributed by atoms with E-state index in [0.717, 1.165) is 25.9 Å². The van der Waals surface area contributed by atoms with Crippen LogP contribution < -0.4 is 10.5 Å². The third-order valence-electron chi connectivity index (χ3n) is 3.27. The van der Waals surface area contributed by atoms with Gasteiger partial charge in [0.25, 0.3) is 0 Å². The number of hydrogen-bond acceptors (Lipinski definition) is 3. The molecule has 1 aromatic carbocycles. The molecule has 0 unspecified atom stereocenters. The minimum Gasteiger partial charge on any atom is -0.437 e. The monoisotopic (exact) mass is 218 g/mol.